The number of fused-ring (bicyclic) bond motifs is 1. The van der Waals surface area contributed by atoms with Crippen molar-refractivity contribution in [2.24, 2.45) is 0 Å². The van der Waals surface area contributed by atoms with Crippen LogP contribution in [0.4, 0.5) is 4.39 Å². The summed E-state index contributed by atoms with van der Waals surface area (Å²) in [4.78, 5) is 15.5. The van der Waals surface area contributed by atoms with Crippen molar-refractivity contribution in [3.05, 3.63) is 120 Å². The fraction of sp³-hybridized carbons (Fsp3) is 0.219. The highest BCUT2D eigenvalue weighted by molar-refractivity contribution is 5.98. The molecule has 214 valence electrons. The summed E-state index contributed by atoms with van der Waals surface area (Å²) >= 11 is 0. The van der Waals surface area contributed by atoms with E-state index in [1.54, 1.807) is 24.3 Å². The molecule has 0 saturated carbocycles. The Hall–Kier alpha value is -4.48. The van der Waals surface area contributed by atoms with Crippen LogP contribution in [-0.2, 0) is 11.3 Å². The number of aliphatic hydroxyl groups is 3. The molecule has 6 rings (SSSR count). The SMILES string of the molecule is O=C(c1ccc2ccccc2c1)N(Cc1ccccc1)C1OC(CO)[C@H](O)[C@H](n2cc(-c3cccc(F)c3)nn2)C1O. The van der Waals surface area contributed by atoms with E-state index in [0.717, 1.165) is 16.3 Å². The zero-order valence-corrected chi connectivity index (χ0v) is 22.4. The zero-order valence-electron chi connectivity index (χ0n) is 22.4. The molecule has 1 saturated heterocycles. The topological polar surface area (TPSA) is 121 Å². The first-order valence-electron chi connectivity index (χ1n) is 13.6. The molecule has 0 bridgehead atoms. The fourth-order valence-corrected chi connectivity index (χ4v) is 5.40. The predicted molar refractivity (Wildman–Crippen MR) is 152 cm³/mol. The summed E-state index contributed by atoms with van der Waals surface area (Å²) in [6, 6.07) is 27.0. The van der Waals surface area contributed by atoms with Gasteiger partial charge in [-0.15, -0.1) is 5.10 Å². The number of aromatic nitrogens is 3. The molecule has 1 aliphatic heterocycles. The maximum absolute atomic E-state index is 14.1. The third-order valence-electron chi connectivity index (χ3n) is 7.56. The highest BCUT2D eigenvalue weighted by Crippen LogP contribution is 2.34. The molecule has 3 N–H and O–H groups in total. The predicted octanol–water partition coefficient (Wildman–Crippen LogP) is 3.56. The van der Waals surface area contributed by atoms with Crippen LogP contribution in [0.5, 0.6) is 0 Å². The smallest absolute Gasteiger partial charge is 0.256 e. The van der Waals surface area contributed by atoms with Crippen LogP contribution < -0.4 is 0 Å². The number of nitrogens with zero attached hydrogens (tertiary/aromatic N) is 4. The van der Waals surface area contributed by atoms with E-state index in [4.69, 9.17) is 4.74 Å². The molecule has 42 heavy (non-hydrogen) atoms. The summed E-state index contributed by atoms with van der Waals surface area (Å²) in [7, 11) is 0. The minimum Gasteiger partial charge on any atom is -0.394 e. The minimum absolute atomic E-state index is 0.0844. The molecule has 1 aromatic heterocycles. The Morgan fingerprint density at radius 1 is 0.905 bits per heavy atom. The van der Waals surface area contributed by atoms with E-state index >= 15 is 0 Å². The summed E-state index contributed by atoms with van der Waals surface area (Å²) in [6.07, 6.45) is -3.80. The van der Waals surface area contributed by atoms with Crippen molar-refractivity contribution < 1.29 is 29.2 Å². The Bertz CT molecular complexity index is 1700. The van der Waals surface area contributed by atoms with Gasteiger partial charge in [-0.05, 0) is 40.6 Å². The number of carbonyl (C=O) groups excluding carboxylic acids is 1. The summed E-state index contributed by atoms with van der Waals surface area (Å²) in [6.45, 7) is -0.489. The molecule has 0 spiro atoms. The molecular weight excluding hydrogens is 539 g/mol. The van der Waals surface area contributed by atoms with Crippen molar-refractivity contribution in [2.75, 3.05) is 6.61 Å². The average molecular weight is 569 g/mol. The Balaban J connectivity index is 1.38. The van der Waals surface area contributed by atoms with Gasteiger partial charge in [0.2, 0.25) is 0 Å². The van der Waals surface area contributed by atoms with Crippen LogP contribution in [0.15, 0.2) is 103 Å². The van der Waals surface area contributed by atoms with Gasteiger partial charge in [0.25, 0.3) is 5.91 Å². The van der Waals surface area contributed by atoms with Crippen molar-refractivity contribution in [1.82, 2.24) is 19.9 Å². The van der Waals surface area contributed by atoms with E-state index in [1.165, 1.54) is 27.9 Å². The number of aliphatic hydroxyl groups excluding tert-OH is 3. The van der Waals surface area contributed by atoms with Crippen LogP contribution in [0.25, 0.3) is 22.0 Å². The number of amides is 1. The number of hydrogen-bond donors (Lipinski definition) is 3. The molecule has 0 aliphatic carbocycles. The third-order valence-corrected chi connectivity index (χ3v) is 7.56. The number of benzene rings is 4. The van der Waals surface area contributed by atoms with Gasteiger partial charge in [0, 0.05) is 17.7 Å². The van der Waals surface area contributed by atoms with Gasteiger partial charge in [0.1, 0.15) is 35.9 Å². The van der Waals surface area contributed by atoms with Crippen LogP contribution in [0, 0.1) is 5.82 Å². The minimum atomic E-state index is -1.47. The van der Waals surface area contributed by atoms with E-state index in [1.807, 2.05) is 60.7 Å². The zero-order chi connectivity index (χ0) is 29.2. The summed E-state index contributed by atoms with van der Waals surface area (Å²) < 4.78 is 21.1. The van der Waals surface area contributed by atoms with Crippen molar-refractivity contribution in [2.45, 2.75) is 37.1 Å². The van der Waals surface area contributed by atoms with Crippen LogP contribution in [-0.4, -0.2) is 72.3 Å². The Morgan fingerprint density at radius 2 is 1.67 bits per heavy atom. The highest BCUT2D eigenvalue weighted by Gasteiger charge is 2.49. The molecule has 9 nitrogen and oxygen atoms in total. The molecule has 0 radical (unpaired) electrons. The number of hydrogen-bond acceptors (Lipinski definition) is 7. The number of ether oxygens (including phenoxy) is 1. The van der Waals surface area contributed by atoms with Crippen LogP contribution in [0.2, 0.25) is 0 Å². The van der Waals surface area contributed by atoms with Gasteiger partial charge in [0.15, 0.2) is 6.23 Å². The first-order chi connectivity index (χ1) is 20.4. The lowest BCUT2D eigenvalue weighted by molar-refractivity contribution is -0.239. The van der Waals surface area contributed by atoms with Crippen molar-refractivity contribution in [3.8, 4) is 11.3 Å². The lowest BCUT2D eigenvalue weighted by Gasteiger charge is -2.46. The van der Waals surface area contributed by atoms with Gasteiger partial charge in [-0.25, -0.2) is 9.07 Å². The van der Waals surface area contributed by atoms with E-state index in [9.17, 15) is 24.5 Å². The van der Waals surface area contributed by atoms with Crippen LogP contribution in [0.1, 0.15) is 22.0 Å². The Labute approximate surface area is 241 Å². The van der Waals surface area contributed by atoms with Gasteiger partial charge in [-0.3, -0.25) is 4.79 Å². The van der Waals surface area contributed by atoms with Crippen molar-refractivity contribution in [1.29, 1.82) is 0 Å². The van der Waals surface area contributed by atoms with Gasteiger partial charge < -0.3 is 25.0 Å². The molecule has 5 atom stereocenters. The summed E-state index contributed by atoms with van der Waals surface area (Å²) in [5.74, 6) is -0.850. The van der Waals surface area contributed by atoms with Gasteiger partial charge >= 0.3 is 0 Å². The van der Waals surface area contributed by atoms with Gasteiger partial charge in [-0.1, -0.05) is 78.0 Å². The molecule has 1 amide bonds. The largest absolute Gasteiger partial charge is 0.394 e. The van der Waals surface area contributed by atoms with E-state index in [2.05, 4.69) is 10.3 Å². The quantitative estimate of drug-likeness (QED) is 0.275. The van der Waals surface area contributed by atoms with Gasteiger partial charge in [0.05, 0.1) is 12.8 Å². The third kappa shape index (κ3) is 5.40. The second kappa shape index (κ2) is 11.8. The highest BCUT2D eigenvalue weighted by atomic mass is 19.1. The maximum atomic E-state index is 14.1. The Kier molecular flexibility index (Phi) is 7.77. The molecule has 4 aromatic carbocycles. The molecule has 2 heterocycles. The molecule has 1 fully saturated rings. The maximum Gasteiger partial charge on any atom is 0.256 e. The summed E-state index contributed by atoms with van der Waals surface area (Å²) in [5.41, 5.74) is 1.97. The molecule has 3 unspecified atom stereocenters. The number of carbonyl (C=O) groups is 1. The molecule has 5 aromatic rings. The standard InChI is InChI=1S/C32H29FN4O5/c33-25-12-6-11-23(16-25)26-18-37(35-34-26)28-29(39)27(19-38)42-32(30(28)40)36(17-20-7-2-1-3-8-20)31(41)24-14-13-21-9-4-5-10-22(21)15-24/h1-16,18,27-30,32,38-40H,17,19H2/t27?,28-,29-,30?,32?/m0/s1. The van der Waals surface area contributed by atoms with Crippen LogP contribution >= 0.6 is 0 Å². The fourth-order valence-electron chi connectivity index (χ4n) is 5.40. The number of halogens is 1. The molecule has 1 aliphatic rings. The Morgan fingerprint density at radius 3 is 2.43 bits per heavy atom. The van der Waals surface area contributed by atoms with Crippen molar-refractivity contribution in [3.63, 3.8) is 0 Å². The lowest BCUT2D eigenvalue weighted by Crippen LogP contribution is -2.61. The second-order valence-corrected chi connectivity index (χ2v) is 10.3. The lowest BCUT2D eigenvalue weighted by atomic mass is 9.94. The van der Waals surface area contributed by atoms with Gasteiger partial charge in [-0.2, -0.15) is 0 Å². The van der Waals surface area contributed by atoms with E-state index in [0.29, 0.717) is 16.8 Å². The van der Waals surface area contributed by atoms with Crippen molar-refractivity contribution >= 4 is 16.7 Å². The number of rotatable bonds is 7. The first-order valence-corrected chi connectivity index (χ1v) is 13.6. The monoisotopic (exact) mass is 568 g/mol. The summed E-state index contributed by atoms with van der Waals surface area (Å²) in [5, 5.41) is 43.0. The second-order valence-electron chi connectivity index (χ2n) is 10.3. The molecule has 10 heteroatoms. The van der Waals surface area contributed by atoms with E-state index < -0.39 is 48.9 Å². The van der Waals surface area contributed by atoms with E-state index in [-0.39, 0.29) is 6.54 Å². The van der Waals surface area contributed by atoms with Crippen LogP contribution in [0.3, 0.4) is 0 Å². The normalized spacial score (nSPS) is 22.2. The molecular formula is C32H29FN4O5. The average Bonchev–Trinajstić information content (AvgIpc) is 3.50. The first kappa shape index (κ1) is 27.7.